The number of unbranched alkanes of at least 4 members (excludes halogenated alkanes) is 3. The lowest BCUT2D eigenvalue weighted by Gasteiger charge is -2.51. The summed E-state index contributed by atoms with van der Waals surface area (Å²) in [4.78, 5) is 14.5. The van der Waals surface area contributed by atoms with Gasteiger partial charge in [-0.3, -0.25) is 0 Å². The van der Waals surface area contributed by atoms with Gasteiger partial charge in [-0.25, -0.2) is 4.79 Å². The fraction of sp³-hybridized carbons (Fsp3) is 0.850. The van der Waals surface area contributed by atoms with E-state index in [9.17, 15) is 9.90 Å². The van der Waals surface area contributed by atoms with Crippen LogP contribution >= 0.6 is 0 Å². The summed E-state index contributed by atoms with van der Waals surface area (Å²) in [5, 5.41) is 11.1. The Morgan fingerprint density at radius 3 is 2.42 bits per heavy atom. The van der Waals surface area contributed by atoms with Crippen LogP contribution < -0.4 is 0 Å². The molecule has 1 amide bonds. The SMILES string of the molecule is C=CCCCCCC1(O)CC2CCCC(C1)N2C(=O)OC(C)(C)C. The number of fused-ring (bicyclic) bond motifs is 2. The van der Waals surface area contributed by atoms with E-state index in [1.807, 2.05) is 31.7 Å². The molecule has 1 N–H and O–H groups in total. The maximum atomic E-state index is 12.6. The fourth-order valence-corrected chi connectivity index (χ4v) is 4.26. The van der Waals surface area contributed by atoms with E-state index in [4.69, 9.17) is 4.74 Å². The van der Waals surface area contributed by atoms with Gasteiger partial charge in [0.2, 0.25) is 0 Å². The standard InChI is InChI=1S/C20H35NO3/c1-5-6-7-8-9-13-20(23)14-16-11-10-12-17(15-20)21(16)18(22)24-19(2,3)4/h5,16-17,23H,1,6-15H2,2-4H3. The molecule has 0 aromatic rings. The third-order valence-corrected chi connectivity index (χ3v) is 5.25. The van der Waals surface area contributed by atoms with Gasteiger partial charge in [0.1, 0.15) is 5.60 Å². The monoisotopic (exact) mass is 337 g/mol. The van der Waals surface area contributed by atoms with E-state index >= 15 is 0 Å². The first kappa shape index (κ1) is 19.3. The Bertz CT molecular complexity index is 427. The molecule has 2 bridgehead atoms. The Kier molecular flexibility index (Phi) is 6.35. The Hall–Kier alpha value is -1.03. The van der Waals surface area contributed by atoms with Crippen molar-refractivity contribution in [2.45, 2.75) is 108 Å². The van der Waals surface area contributed by atoms with Gasteiger partial charge in [-0.1, -0.05) is 18.9 Å². The fourth-order valence-electron chi connectivity index (χ4n) is 4.26. The minimum atomic E-state index is -0.609. The summed E-state index contributed by atoms with van der Waals surface area (Å²) < 4.78 is 5.60. The predicted molar refractivity (Wildman–Crippen MR) is 97.0 cm³/mol. The van der Waals surface area contributed by atoms with E-state index < -0.39 is 11.2 Å². The summed E-state index contributed by atoms with van der Waals surface area (Å²) in [6, 6.07) is 0.260. The Morgan fingerprint density at radius 1 is 1.25 bits per heavy atom. The molecule has 0 saturated carbocycles. The summed E-state index contributed by atoms with van der Waals surface area (Å²) in [5.74, 6) is 0. The van der Waals surface area contributed by atoms with Crippen molar-refractivity contribution in [3.63, 3.8) is 0 Å². The molecule has 0 aliphatic carbocycles. The zero-order chi connectivity index (χ0) is 17.8. The highest BCUT2D eigenvalue weighted by Gasteiger charge is 2.47. The highest BCUT2D eigenvalue weighted by molar-refractivity contribution is 5.69. The smallest absolute Gasteiger partial charge is 0.410 e. The number of allylic oxidation sites excluding steroid dienone is 1. The van der Waals surface area contributed by atoms with Crippen LogP contribution in [0.3, 0.4) is 0 Å². The van der Waals surface area contributed by atoms with Crippen LogP contribution in [0.25, 0.3) is 0 Å². The summed E-state index contributed by atoms with van der Waals surface area (Å²) in [6.07, 6.45) is 11.5. The van der Waals surface area contributed by atoms with E-state index in [1.165, 1.54) is 0 Å². The molecule has 4 heteroatoms. The average molecular weight is 338 g/mol. The van der Waals surface area contributed by atoms with Gasteiger partial charge in [-0.05, 0) is 72.1 Å². The Morgan fingerprint density at radius 2 is 1.88 bits per heavy atom. The Labute approximate surface area is 147 Å². The normalized spacial score (nSPS) is 30.1. The van der Waals surface area contributed by atoms with Crippen LogP contribution in [0, 0.1) is 0 Å². The molecule has 2 aliphatic rings. The van der Waals surface area contributed by atoms with Crippen LogP contribution in [0.5, 0.6) is 0 Å². The number of amides is 1. The molecule has 24 heavy (non-hydrogen) atoms. The summed E-state index contributed by atoms with van der Waals surface area (Å²) in [5.41, 5.74) is -1.08. The third kappa shape index (κ3) is 5.23. The van der Waals surface area contributed by atoms with Crippen LogP contribution in [-0.4, -0.2) is 39.4 Å². The number of aliphatic hydroxyl groups is 1. The molecular formula is C20H35NO3. The molecule has 2 saturated heterocycles. The van der Waals surface area contributed by atoms with E-state index in [2.05, 4.69) is 6.58 Å². The number of hydrogen-bond acceptors (Lipinski definition) is 3. The van der Waals surface area contributed by atoms with Gasteiger partial charge in [-0.15, -0.1) is 6.58 Å². The van der Waals surface area contributed by atoms with Crippen molar-refractivity contribution in [2.24, 2.45) is 0 Å². The van der Waals surface area contributed by atoms with E-state index in [0.29, 0.717) is 12.8 Å². The molecule has 4 nitrogen and oxygen atoms in total. The molecule has 0 spiro atoms. The van der Waals surface area contributed by atoms with Crippen molar-refractivity contribution in [1.29, 1.82) is 0 Å². The first-order valence-corrected chi connectivity index (χ1v) is 9.59. The van der Waals surface area contributed by atoms with Crippen LogP contribution in [0.1, 0.15) is 85.0 Å². The largest absolute Gasteiger partial charge is 0.444 e. The number of carbonyl (C=O) groups is 1. The highest BCUT2D eigenvalue weighted by Crippen LogP contribution is 2.42. The van der Waals surface area contributed by atoms with Crippen molar-refractivity contribution in [3.05, 3.63) is 12.7 Å². The minimum absolute atomic E-state index is 0.130. The average Bonchev–Trinajstić information content (AvgIpc) is 2.44. The molecule has 0 aromatic carbocycles. The number of carbonyl (C=O) groups excluding carboxylic acids is 1. The van der Waals surface area contributed by atoms with E-state index in [-0.39, 0.29) is 18.2 Å². The van der Waals surface area contributed by atoms with E-state index in [0.717, 1.165) is 51.4 Å². The maximum absolute atomic E-state index is 12.6. The van der Waals surface area contributed by atoms with Gasteiger partial charge >= 0.3 is 6.09 Å². The topological polar surface area (TPSA) is 49.8 Å². The second kappa shape index (κ2) is 7.90. The van der Waals surface area contributed by atoms with Gasteiger partial charge in [0.25, 0.3) is 0 Å². The first-order valence-electron chi connectivity index (χ1n) is 9.59. The van der Waals surface area contributed by atoms with Crippen molar-refractivity contribution in [2.75, 3.05) is 0 Å². The van der Waals surface area contributed by atoms with Gasteiger partial charge in [-0.2, -0.15) is 0 Å². The number of ether oxygens (including phenoxy) is 1. The van der Waals surface area contributed by atoms with Crippen LogP contribution in [0.4, 0.5) is 4.79 Å². The van der Waals surface area contributed by atoms with Crippen molar-refractivity contribution in [3.8, 4) is 0 Å². The van der Waals surface area contributed by atoms with Crippen molar-refractivity contribution < 1.29 is 14.6 Å². The zero-order valence-electron chi connectivity index (χ0n) is 15.7. The number of piperidine rings is 2. The van der Waals surface area contributed by atoms with Crippen LogP contribution in [0.15, 0.2) is 12.7 Å². The maximum Gasteiger partial charge on any atom is 0.410 e. The van der Waals surface area contributed by atoms with Gasteiger partial charge in [0.15, 0.2) is 0 Å². The quantitative estimate of drug-likeness (QED) is 0.559. The number of nitrogens with zero attached hydrogens (tertiary/aromatic N) is 1. The Balaban J connectivity index is 1.94. The molecule has 2 rings (SSSR count). The minimum Gasteiger partial charge on any atom is -0.444 e. The number of rotatable bonds is 6. The molecule has 2 unspecified atom stereocenters. The second-order valence-corrected chi connectivity index (χ2v) is 8.65. The second-order valence-electron chi connectivity index (χ2n) is 8.65. The van der Waals surface area contributed by atoms with Gasteiger partial charge in [0.05, 0.1) is 5.60 Å². The molecule has 138 valence electrons. The summed E-state index contributed by atoms with van der Waals surface area (Å²) in [7, 11) is 0. The van der Waals surface area contributed by atoms with E-state index in [1.54, 1.807) is 0 Å². The van der Waals surface area contributed by atoms with Crippen LogP contribution in [0.2, 0.25) is 0 Å². The van der Waals surface area contributed by atoms with Gasteiger partial charge in [0, 0.05) is 12.1 Å². The molecule has 2 fully saturated rings. The first-order chi connectivity index (χ1) is 11.2. The third-order valence-electron chi connectivity index (χ3n) is 5.25. The molecule has 2 aliphatic heterocycles. The molecule has 0 radical (unpaired) electrons. The molecule has 2 atom stereocenters. The van der Waals surface area contributed by atoms with Crippen LogP contribution in [-0.2, 0) is 4.74 Å². The lowest BCUT2D eigenvalue weighted by molar-refractivity contribution is -0.0965. The predicted octanol–water partition coefficient (Wildman–Crippen LogP) is 4.81. The summed E-state index contributed by atoms with van der Waals surface area (Å²) >= 11 is 0. The van der Waals surface area contributed by atoms with Crippen molar-refractivity contribution in [1.82, 2.24) is 4.90 Å². The van der Waals surface area contributed by atoms with Gasteiger partial charge < -0.3 is 14.7 Å². The lowest BCUT2D eigenvalue weighted by atomic mass is 9.73. The zero-order valence-corrected chi connectivity index (χ0v) is 15.7. The van der Waals surface area contributed by atoms with Crippen molar-refractivity contribution >= 4 is 6.09 Å². The molecular weight excluding hydrogens is 302 g/mol. The number of hydrogen-bond donors (Lipinski definition) is 1. The molecule has 2 heterocycles. The summed E-state index contributed by atoms with van der Waals surface area (Å²) in [6.45, 7) is 9.47. The lowest BCUT2D eigenvalue weighted by Crippen LogP contribution is -2.60. The highest BCUT2D eigenvalue weighted by atomic mass is 16.6. The molecule has 0 aromatic heterocycles.